The molecule has 0 unspecified atom stereocenters. The van der Waals surface area contributed by atoms with E-state index in [1.54, 1.807) is 36.4 Å². The summed E-state index contributed by atoms with van der Waals surface area (Å²) in [6.07, 6.45) is 3.14. The number of nitrogens with one attached hydrogen (secondary N) is 2. The van der Waals surface area contributed by atoms with E-state index < -0.39 is 15.6 Å². The fourth-order valence-electron chi connectivity index (χ4n) is 4.32. The molecule has 1 heterocycles. The third-order valence-electron chi connectivity index (χ3n) is 6.39. The van der Waals surface area contributed by atoms with Crippen LogP contribution in [0.2, 0.25) is 0 Å². The summed E-state index contributed by atoms with van der Waals surface area (Å²) >= 11 is 0. The summed E-state index contributed by atoms with van der Waals surface area (Å²) in [5, 5.41) is 5.87. The van der Waals surface area contributed by atoms with Crippen molar-refractivity contribution < 1.29 is 22.7 Å². The molecule has 35 heavy (non-hydrogen) atoms. The maximum Gasteiger partial charge on any atom is 0.239 e. The van der Waals surface area contributed by atoms with Gasteiger partial charge in [0.05, 0.1) is 19.3 Å². The number of likely N-dealkylation sites (tertiary alicyclic amines) is 1. The number of rotatable bonds is 10. The van der Waals surface area contributed by atoms with Crippen LogP contribution in [0.4, 0.5) is 5.69 Å². The highest BCUT2D eigenvalue weighted by Gasteiger charge is 2.24. The molecule has 0 aromatic heterocycles. The van der Waals surface area contributed by atoms with E-state index in [1.165, 1.54) is 13.2 Å². The maximum absolute atomic E-state index is 13.1. The minimum atomic E-state index is -3.76. The van der Waals surface area contributed by atoms with Crippen molar-refractivity contribution in [2.24, 2.45) is 5.92 Å². The molecule has 1 aliphatic heterocycles. The number of carbonyl (C=O) groups is 2. The lowest BCUT2D eigenvalue weighted by molar-refractivity contribution is -0.119. The van der Waals surface area contributed by atoms with Gasteiger partial charge >= 0.3 is 0 Å². The van der Waals surface area contributed by atoms with Crippen LogP contribution in [-0.4, -0.2) is 70.6 Å². The normalized spacial score (nSPS) is 15.1. The number of anilines is 1. The van der Waals surface area contributed by atoms with E-state index in [9.17, 15) is 18.0 Å². The number of benzene rings is 2. The second kappa shape index (κ2) is 11.7. The molecule has 0 saturated carbocycles. The number of amides is 1. The SMILES string of the molecule is COc1ccc(C(=O)c2cccc(NCC(=O)NCC3CCN(C(C)C)CC3)c2S(C)(=O)=O)cc1. The Balaban J connectivity index is 1.67. The van der Waals surface area contributed by atoms with Crippen molar-refractivity contribution in [3.05, 3.63) is 53.6 Å². The first kappa shape index (κ1) is 26.7. The van der Waals surface area contributed by atoms with Gasteiger partial charge in [0, 0.05) is 30.0 Å². The smallest absolute Gasteiger partial charge is 0.239 e. The third kappa shape index (κ3) is 7.05. The Bertz CT molecular complexity index is 1140. The van der Waals surface area contributed by atoms with E-state index in [4.69, 9.17) is 4.74 Å². The predicted octanol–water partition coefficient (Wildman–Crippen LogP) is 2.98. The van der Waals surface area contributed by atoms with E-state index in [1.807, 2.05) is 0 Å². The molecule has 0 bridgehead atoms. The zero-order valence-electron chi connectivity index (χ0n) is 20.8. The molecule has 8 nitrogen and oxygen atoms in total. The highest BCUT2D eigenvalue weighted by Crippen LogP contribution is 2.28. The van der Waals surface area contributed by atoms with Gasteiger partial charge in [0.1, 0.15) is 10.6 Å². The Morgan fingerprint density at radius 2 is 1.74 bits per heavy atom. The van der Waals surface area contributed by atoms with Gasteiger partial charge < -0.3 is 20.3 Å². The van der Waals surface area contributed by atoms with Crippen LogP contribution in [0, 0.1) is 5.92 Å². The molecule has 1 fully saturated rings. The van der Waals surface area contributed by atoms with Crippen LogP contribution in [0.3, 0.4) is 0 Å². The molecule has 0 spiro atoms. The zero-order valence-corrected chi connectivity index (χ0v) is 21.7. The van der Waals surface area contributed by atoms with Crippen molar-refractivity contribution in [3.8, 4) is 5.75 Å². The summed E-state index contributed by atoms with van der Waals surface area (Å²) in [5.41, 5.74) is 0.626. The van der Waals surface area contributed by atoms with Crippen LogP contribution < -0.4 is 15.4 Å². The van der Waals surface area contributed by atoms with E-state index in [0.29, 0.717) is 29.8 Å². The van der Waals surface area contributed by atoms with E-state index >= 15 is 0 Å². The largest absolute Gasteiger partial charge is 0.497 e. The molecule has 0 radical (unpaired) electrons. The standard InChI is InChI=1S/C26H35N3O5S/c1-18(2)29-14-12-19(13-15-29)16-28-24(30)17-27-23-7-5-6-22(26(23)35(4,32)33)25(31)20-8-10-21(34-3)11-9-20/h5-11,18-19,27H,12-17H2,1-4H3,(H,28,30). The zero-order chi connectivity index (χ0) is 25.6. The highest BCUT2D eigenvalue weighted by molar-refractivity contribution is 7.91. The molecule has 1 amide bonds. The fourth-order valence-corrected chi connectivity index (χ4v) is 5.42. The molecule has 9 heteroatoms. The van der Waals surface area contributed by atoms with Gasteiger partial charge in [-0.3, -0.25) is 9.59 Å². The van der Waals surface area contributed by atoms with Crippen molar-refractivity contribution in [1.29, 1.82) is 0 Å². The average molecular weight is 502 g/mol. The van der Waals surface area contributed by atoms with Gasteiger partial charge in [0.2, 0.25) is 5.91 Å². The van der Waals surface area contributed by atoms with Crippen molar-refractivity contribution in [1.82, 2.24) is 10.2 Å². The van der Waals surface area contributed by atoms with Crippen LogP contribution in [0.15, 0.2) is 47.4 Å². The van der Waals surface area contributed by atoms with Gasteiger partial charge in [-0.05, 0) is 82.1 Å². The Morgan fingerprint density at radius 1 is 1.09 bits per heavy atom. The van der Waals surface area contributed by atoms with Crippen LogP contribution >= 0.6 is 0 Å². The molecule has 3 rings (SSSR count). The van der Waals surface area contributed by atoms with Gasteiger partial charge in [-0.2, -0.15) is 0 Å². The Labute approximate surface area is 208 Å². The average Bonchev–Trinajstić information content (AvgIpc) is 2.85. The molecule has 2 aromatic rings. The summed E-state index contributed by atoms with van der Waals surface area (Å²) in [6.45, 7) is 6.96. The van der Waals surface area contributed by atoms with Crippen LogP contribution in [0.5, 0.6) is 5.75 Å². The molecule has 1 saturated heterocycles. The first-order chi connectivity index (χ1) is 16.6. The maximum atomic E-state index is 13.1. The topological polar surface area (TPSA) is 105 Å². The number of ether oxygens (including phenoxy) is 1. The molecule has 0 atom stereocenters. The number of carbonyl (C=O) groups excluding carboxylic acids is 2. The first-order valence-corrected chi connectivity index (χ1v) is 13.8. The van der Waals surface area contributed by atoms with E-state index in [-0.39, 0.29) is 28.6 Å². The summed E-state index contributed by atoms with van der Waals surface area (Å²) in [5.74, 6) is 0.388. The number of methoxy groups -OCH3 is 1. The molecular weight excluding hydrogens is 466 g/mol. The van der Waals surface area contributed by atoms with Crippen LogP contribution in [0.25, 0.3) is 0 Å². The lowest BCUT2D eigenvalue weighted by atomic mass is 9.96. The quantitative estimate of drug-likeness (QED) is 0.482. The third-order valence-corrected chi connectivity index (χ3v) is 7.57. The number of hydrogen-bond acceptors (Lipinski definition) is 7. The first-order valence-electron chi connectivity index (χ1n) is 11.9. The number of hydrogen-bond donors (Lipinski definition) is 2. The fraction of sp³-hybridized carbons (Fsp3) is 0.462. The van der Waals surface area contributed by atoms with Crippen molar-refractivity contribution in [2.45, 2.75) is 37.6 Å². The minimum absolute atomic E-state index is 0.0555. The lowest BCUT2D eigenvalue weighted by Crippen LogP contribution is -2.42. The van der Waals surface area contributed by atoms with Crippen molar-refractivity contribution >= 4 is 27.2 Å². The van der Waals surface area contributed by atoms with Gasteiger partial charge in [0.25, 0.3) is 0 Å². The monoisotopic (exact) mass is 501 g/mol. The summed E-state index contributed by atoms with van der Waals surface area (Å²) < 4.78 is 30.4. The van der Waals surface area contributed by atoms with Crippen LogP contribution in [0.1, 0.15) is 42.6 Å². The number of ketones is 1. The Hall–Kier alpha value is -2.91. The van der Waals surface area contributed by atoms with Crippen LogP contribution in [-0.2, 0) is 14.6 Å². The summed E-state index contributed by atoms with van der Waals surface area (Å²) in [4.78, 5) is 27.9. The highest BCUT2D eigenvalue weighted by atomic mass is 32.2. The number of piperidine rings is 1. The van der Waals surface area contributed by atoms with E-state index in [2.05, 4.69) is 29.4 Å². The second-order valence-electron chi connectivity index (χ2n) is 9.24. The van der Waals surface area contributed by atoms with Gasteiger partial charge in [0.15, 0.2) is 15.6 Å². The van der Waals surface area contributed by atoms with Gasteiger partial charge in [-0.15, -0.1) is 0 Å². The van der Waals surface area contributed by atoms with Crippen molar-refractivity contribution in [3.63, 3.8) is 0 Å². The van der Waals surface area contributed by atoms with Gasteiger partial charge in [-0.1, -0.05) is 6.07 Å². The molecule has 1 aliphatic rings. The molecule has 2 aromatic carbocycles. The number of sulfone groups is 1. The Kier molecular flexibility index (Phi) is 8.91. The van der Waals surface area contributed by atoms with Crippen molar-refractivity contribution in [2.75, 3.05) is 44.9 Å². The predicted molar refractivity (Wildman–Crippen MR) is 137 cm³/mol. The van der Waals surface area contributed by atoms with Gasteiger partial charge in [-0.25, -0.2) is 8.42 Å². The molecule has 0 aliphatic carbocycles. The second-order valence-corrected chi connectivity index (χ2v) is 11.2. The molecule has 190 valence electrons. The lowest BCUT2D eigenvalue weighted by Gasteiger charge is -2.34. The molecular formula is C26H35N3O5S. The Morgan fingerprint density at radius 3 is 2.31 bits per heavy atom. The minimum Gasteiger partial charge on any atom is -0.497 e. The number of nitrogens with zero attached hydrogens (tertiary/aromatic N) is 1. The molecule has 2 N–H and O–H groups in total. The summed E-state index contributed by atoms with van der Waals surface area (Å²) in [7, 11) is -2.24. The summed E-state index contributed by atoms with van der Waals surface area (Å²) in [6, 6.07) is 11.7. The van der Waals surface area contributed by atoms with E-state index in [0.717, 1.165) is 32.2 Å².